The molecule has 0 amide bonds. The van der Waals surface area contributed by atoms with E-state index in [-0.39, 0.29) is 0 Å². The fourth-order valence-electron chi connectivity index (χ4n) is 2.85. The van der Waals surface area contributed by atoms with E-state index in [1.165, 1.54) is 12.2 Å². The van der Waals surface area contributed by atoms with Crippen LogP contribution in [0.3, 0.4) is 0 Å². The van der Waals surface area contributed by atoms with E-state index in [4.69, 9.17) is 0 Å². The molecular weight excluding hydrogens is 234 g/mol. The lowest BCUT2D eigenvalue weighted by Crippen LogP contribution is -2.54. The van der Waals surface area contributed by atoms with Crippen LogP contribution in [-0.4, -0.2) is 34.7 Å². The summed E-state index contributed by atoms with van der Waals surface area (Å²) in [7, 11) is 0. The van der Waals surface area contributed by atoms with Crippen molar-refractivity contribution in [3.63, 3.8) is 0 Å². The smallest absolute Gasteiger partial charge is 0.324 e. The van der Waals surface area contributed by atoms with Gasteiger partial charge in [0.1, 0.15) is 5.54 Å². The highest BCUT2D eigenvalue weighted by Crippen LogP contribution is 2.38. The second-order valence-electron chi connectivity index (χ2n) is 4.80. The number of rotatable bonds is 8. The van der Waals surface area contributed by atoms with Crippen molar-refractivity contribution in [3.05, 3.63) is 0 Å². The fraction of sp³-hybridized carbons (Fsp3) is 0.923. The molecule has 0 radical (unpaired) electrons. The minimum absolute atomic E-state index is 0.310. The first-order valence-electron chi connectivity index (χ1n) is 6.73. The molecule has 0 aromatic carbocycles. The maximum absolute atomic E-state index is 11.5. The molecule has 0 aliphatic heterocycles. The first kappa shape index (κ1) is 14.8. The third-order valence-corrected chi connectivity index (χ3v) is 4.87. The molecule has 0 bridgehead atoms. The molecule has 2 unspecified atom stereocenters. The van der Waals surface area contributed by atoms with Crippen molar-refractivity contribution < 1.29 is 9.90 Å². The second-order valence-corrected chi connectivity index (χ2v) is 6.02. The number of hydrogen-bond acceptors (Lipinski definition) is 3. The zero-order valence-electron chi connectivity index (χ0n) is 11.0. The number of thioether (sulfide) groups is 1. The molecule has 2 N–H and O–H groups in total. The first-order chi connectivity index (χ1) is 8.17. The highest BCUT2D eigenvalue weighted by molar-refractivity contribution is 7.99. The van der Waals surface area contributed by atoms with Crippen LogP contribution in [0.25, 0.3) is 0 Å². The average molecular weight is 259 g/mol. The predicted molar refractivity (Wildman–Crippen MR) is 73.6 cm³/mol. The van der Waals surface area contributed by atoms with Crippen molar-refractivity contribution in [1.82, 2.24) is 5.32 Å². The number of carboxylic acids is 1. The number of carboxylic acid groups (broad SMARTS) is 1. The normalized spacial score (nSPS) is 28.5. The molecule has 2 atom stereocenters. The van der Waals surface area contributed by atoms with Gasteiger partial charge in [0.15, 0.2) is 0 Å². The molecule has 1 saturated carbocycles. The summed E-state index contributed by atoms with van der Waals surface area (Å²) in [6, 6.07) is 0. The highest BCUT2D eigenvalue weighted by Gasteiger charge is 2.47. The van der Waals surface area contributed by atoms with Gasteiger partial charge in [-0.05, 0) is 49.7 Å². The van der Waals surface area contributed by atoms with E-state index in [9.17, 15) is 9.90 Å². The second kappa shape index (κ2) is 7.27. The van der Waals surface area contributed by atoms with Crippen LogP contribution in [-0.2, 0) is 4.79 Å². The van der Waals surface area contributed by atoms with Crippen molar-refractivity contribution in [2.45, 2.75) is 51.5 Å². The quantitative estimate of drug-likeness (QED) is 0.658. The summed E-state index contributed by atoms with van der Waals surface area (Å²) in [5, 5.41) is 12.7. The minimum Gasteiger partial charge on any atom is -0.480 e. The zero-order chi connectivity index (χ0) is 12.7. The Hall–Kier alpha value is -0.220. The minimum atomic E-state index is -0.651. The molecule has 0 aromatic heterocycles. The summed E-state index contributed by atoms with van der Waals surface area (Å²) in [5.41, 5.74) is -0.637. The number of nitrogens with one attached hydrogen (secondary N) is 1. The maximum Gasteiger partial charge on any atom is 0.324 e. The van der Waals surface area contributed by atoms with Crippen LogP contribution < -0.4 is 5.32 Å². The molecule has 17 heavy (non-hydrogen) atoms. The summed E-state index contributed by atoms with van der Waals surface area (Å²) in [6.07, 6.45) is 5.13. The van der Waals surface area contributed by atoms with Crippen molar-refractivity contribution in [2.75, 3.05) is 18.1 Å². The molecule has 0 spiro atoms. The number of likely N-dealkylation sites (N-methyl/N-ethyl adjacent to an activating group) is 1. The van der Waals surface area contributed by atoms with Gasteiger partial charge in [-0.3, -0.25) is 4.79 Å². The van der Waals surface area contributed by atoms with E-state index in [2.05, 4.69) is 12.2 Å². The standard InChI is InChI=1S/C13H25NO2S/c1-3-9-17-10-7-11-6-5-8-13(11,12(15)16)14-4-2/h11,14H,3-10H2,1-2H3,(H,15,16). The summed E-state index contributed by atoms with van der Waals surface area (Å²) >= 11 is 1.95. The molecule has 4 heteroatoms. The lowest BCUT2D eigenvalue weighted by atomic mass is 9.85. The molecule has 1 rings (SSSR count). The van der Waals surface area contributed by atoms with Gasteiger partial charge >= 0.3 is 5.97 Å². The maximum atomic E-state index is 11.5. The van der Waals surface area contributed by atoms with Gasteiger partial charge in [0.2, 0.25) is 0 Å². The first-order valence-corrected chi connectivity index (χ1v) is 7.89. The Morgan fingerprint density at radius 1 is 1.47 bits per heavy atom. The SMILES string of the molecule is CCCSCCC1CCCC1(NCC)C(=O)O. The molecule has 1 fully saturated rings. The van der Waals surface area contributed by atoms with Crippen LogP contribution in [0.4, 0.5) is 0 Å². The third kappa shape index (κ3) is 3.62. The average Bonchev–Trinajstić information content (AvgIpc) is 2.70. The molecule has 0 saturated heterocycles. The summed E-state index contributed by atoms with van der Waals surface area (Å²) in [4.78, 5) is 11.5. The Bertz CT molecular complexity index is 248. The monoisotopic (exact) mass is 259 g/mol. The van der Waals surface area contributed by atoms with Gasteiger partial charge in [0.25, 0.3) is 0 Å². The molecule has 0 heterocycles. The molecule has 3 nitrogen and oxygen atoms in total. The van der Waals surface area contributed by atoms with Crippen molar-refractivity contribution >= 4 is 17.7 Å². The molecule has 0 aromatic rings. The lowest BCUT2D eigenvalue weighted by Gasteiger charge is -2.32. The van der Waals surface area contributed by atoms with Crippen LogP contribution in [0, 0.1) is 5.92 Å². The Kier molecular flexibility index (Phi) is 6.34. The highest BCUT2D eigenvalue weighted by atomic mass is 32.2. The van der Waals surface area contributed by atoms with Crippen LogP contribution in [0.1, 0.15) is 46.0 Å². The van der Waals surface area contributed by atoms with Gasteiger partial charge in [-0.2, -0.15) is 11.8 Å². The van der Waals surface area contributed by atoms with E-state index >= 15 is 0 Å². The van der Waals surface area contributed by atoms with Crippen LogP contribution in [0.5, 0.6) is 0 Å². The van der Waals surface area contributed by atoms with E-state index in [1.807, 2.05) is 18.7 Å². The summed E-state index contributed by atoms with van der Waals surface area (Å²) in [5.74, 6) is 1.94. The van der Waals surface area contributed by atoms with Crippen LogP contribution in [0.2, 0.25) is 0 Å². The van der Waals surface area contributed by atoms with Crippen molar-refractivity contribution in [2.24, 2.45) is 5.92 Å². The van der Waals surface area contributed by atoms with E-state index < -0.39 is 11.5 Å². The van der Waals surface area contributed by atoms with Crippen LogP contribution >= 0.6 is 11.8 Å². The molecule has 1 aliphatic carbocycles. The van der Waals surface area contributed by atoms with Gasteiger partial charge in [-0.15, -0.1) is 0 Å². The number of hydrogen-bond donors (Lipinski definition) is 2. The number of aliphatic carboxylic acids is 1. The van der Waals surface area contributed by atoms with E-state index in [0.29, 0.717) is 5.92 Å². The van der Waals surface area contributed by atoms with E-state index in [1.54, 1.807) is 0 Å². The van der Waals surface area contributed by atoms with Gasteiger partial charge in [0.05, 0.1) is 0 Å². The Labute approximate surface area is 109 Å². The predicted octanol–water partition coefficient (Wildman–Crippen LogP) is 2.75. The lowest BCUT2D eigenvalue weighted by molar-refractivity contribution is -0.146. The van der Waals surface area contributed by atoms with Crippen molar-refractivity contribution in [1.29, 1.82) is 0 Å². The van der Waals surface area contributed by atoms with Gasteiger partial charge in [-0.25, -0.2) is 0 Å². The van der Waals surface area contributed by atoms with Gasteiger partial charge in [-0.1, -0.05) is 20.3 Å². The fourth-order valence-corrected chi connectivity index (χ4v) is 3.79. The third-order valence-electron chi connectivity index (χ3n) is 3.65. The topological polar surface area (TPSA) is 49.3 Å². The van der Waals surface area contributed by atoms with Gasteiger partial charge < -0.3 is 10.4 Å². The Morgan fingerprint density at radius 3 is 2.82 bits per heavy atom. The largest absolute Gasteiger partial charge is 0.480 e. The summed E-state index contributed by atoms with van der Waals surface area (Å²) < 4.78 is 0. The Morgan fingerprint density at radius 2 is 2.24 bits per heavy atom. The Balaban J connectivity index is 2.53. The van der Waals surface area contributed by atoms with E-state index in [0.717, 1.165) is 38.0 Å². The van der Waals surface area contributed by atoms with Gasteiger partial charge in [0, 0.05) is 0 Å². The zero-order valence-corrected chi connectivity index (χ0v) is 11.8. The van der Waals surface area contributed by atoms with Crippen LogP contribution in [0.15, 0.2) is 0 Å². The number of carbonyl (C=O) groups is 1. The van der Waals surface area contributed by atoms with Crippen molar-refractivity contribution in [3.8, 4) is 0 Å². The molecule has 100 valence electrons. The summed E-state index contributed by atoms with van der Waals surface area (Å²) in [6.45, 7) is 4.92. The molecular formula is C13H25NO2S. The molecule has 1 aliphatic rings.